The molecule has 1 saturated heterocycles. The minimum absolute atomic E-state index is 0.0928. The number of amides is 1. The number of fused-ring (bicyclic) bond motifs is 3. The smallest absolute Gasteiger partial charge is 0.250 e. The fraction of sp³-hybridized carbons (Fsp3) is 0.231. The molecule has 1 amide bonds. The average Bonchev–Trinajstić information content (AvgIpc) is 3.49. The molecule has 3 atom stereocenters. The number of halogens is 2. The highest BCUT2D eigenvalue weighted by molar-refractivity contribution is 6.31. The first-order valence-electron chi connectivity index (χ1n) is 10.9. The summed E-state index contributed by atoms with van der Waals surface area (Å²) in [6.07, 6.45) is 0. The molecule has 1 spiro atoms. The van der Waals surface area contributed by atoms with E-state index < -0.39 is 11.5 Å². The normalized spacial score (nSPS) is 25.0. The molecule has 1 fully saturated rings. The molecule has 0 bridgehead atoms. The van der Waals surface area contributed by atoms with Gasteiger partial charge in [-0.1, -0.05) is 23.7 Å². The van der Waals surface area contributed by atoms with Gasteiger partial charge in [-0.05, 0) is 61.1 Å². The van der Waals surface area contributed by atoms with E-state index in [9.17, 15) is 14.0 Å². The minimum atomic E-state index is -1.27. The van der Waals surface area contributed by atoms with Gasteiger partial charge in [0.2, 0.25) is 12.7 Å². The maximum absolute atomic E-state index is 14.2. The molecule has 0 radical (unpaired) electrons. The Balaban J connectivity index is 1.55. The summed E-state index contributed by atoms with van der Waals surface area (Å²) in [5.41, 5.74) is 1.22. The van der Waals surface area contributed by atoms with E-state index in [1.54, 1.807) is 48.5 Å². The largest absolute Gasteiger partial charge is 0.454 e. The lowest BCUT2D eigenvalue weighted by Crippen LogP contribution is -2.51. The van der Waals surface area contributed by atoms with Crippen molar-refractivity contribution in [3.63, 3.8) is 0 Å². The van der Waals surface area contributed by atoms with Crippen LogP contribution in [0.15, 0.2) is 60.7 Å². The lowest BCUT2D eigenvalue weighted by atomic mass is 9.70. The Bertz CT molecular complexity index is 1350. The number of nitrogens with zero attached hydrogens (tertiary/aromatic N) is 1. The Morgan fingerprint density at radius 3 is 2.65 bits per heavy atom. The maximum Gasteiger partial charge on any atom is 0.250 e. The lowest BCUT2D eigenvalue weighted by Gasteiger charge is -2.35. The van der Waals surface area contributed by atoms with E-state index in [-0.39, 0.29) is 30.2 Å². The first-order valence-corrected chi connectivity index (χ1v) is 11.3. The number of benzene rings is 3. The molecule has 0 saturated carbocycles. The average molecular weight is 479 g/mol. The van der Waals surface area contributed by atoms with Crippen molar-refractivity contribution in [2.75, 3.05) is 25.7 Å². The van der Waals surface area contributed by atoms with Crippen LogP contribution in [0.1, 0.15) is 27.4 Å². The number of carbonyl (C=O) groups excluding carboxylic acids is 2. The van der Waals surface area contributed by atoms with Crippen LogP contribution in [0.5, 0.6) is 11.5 Å². The summed E-state index contributed by atoms with van der Waals surface area (Å²) >= 11 is 6.34. The number of carbonyl (C=O) groups is 2. The zero-order valence-corrected chi connectivity index (χ0v) is 18.9. The summed E-state index contributed by atoms with van der Waals surface area (Å²) in [5, 5.41) is 3.43. The van der Waals surface area contributed by atoms with Gasteiger partial charge >= 0.3 is 0 Å². The summed E-state index contributed by atoms with van der Waals surface area (Å²) in [6, 6.07) is 16.4. The van der Waals surface area contributed by atoms with E-state index >= 15 is 0 Å². The van der Waals surface area contributed by atoms with Crippen LogP contribution in [-0.4, -0.2) is 37.0 Å². The van der Waals surface area contributed by atoms with Crippen LogP contribution in [0.3, 0.4) is 0 Å². The first kappa shape index (κ1) is 21.1. The number of Topliss-reactive ketones (excluding diaryl/α,β-unsaturated/α-hetero) is 1. The van der Waals surface area contributed by atoms with Gasteiger partial charge < -0.3 is 14.8 Å². The number of rotatable bonds is 3. The number of ketones is 1. The van der Waals surface area contributed by atoms with E-state index in [4.69, 9.17) is 21.1 Å². The fourth-order valence-corrected chi connectivity index (χ4v) is 5.82. The summed E-state index contributed by atoms with van der Waals surface area (Å²) in [7, 11) is 1.83. The van der Waals surface area contributed by atoms with Crippen LogP contribution in [0.2, 0.25) is 5.02 Å². The van der Waals surface area contributed by atoms with Crippen molar-refractivity contribution in [1.82, 2.24) is 4.90 Å². The second-order valence-corrected chi connectivity index (χ2v) is 9.30. The maximum atomic E-state index is 14.2. The van der Waals surface area contributed by atoms with Crippen molar-refractivity contribution in [3.8, 4) is 11.5 Å². The molecule has 0 aromatic heterocycles. The number of likely N-dealkylation sites (tertiary alicyclic amines) is 1. The van der Waals surface area contributed by atoms with E-state index in [1.165, 1.54) is 12.1 Å². The molecule has 3 aliphatic heterocycles. The summed E-state index contributed by atoms with van der Waals surface area (Å²) in [4.78, 5) is 29.8. The minimum Gasteiger partial charge on any atom is -0.454 e. The first-order chi connectivity index (χ1) is 16.4. The molecular weight excluding hydrogens is 459 g/mol. The SMILES string of the molecule is CN1C[C@H](c2ccc(F)cc2)C(C(=O)c2ccc3c(c2)OCO3)[C@]12C(=O)Nc1ccc(Cl)cc12. The summed E-state index contributed by atoms with van der Waals surface area (Å²) in [6.45, 7) is 0.515. The highest BCUT2D eigenvalue weighted by Gasteiger charge is 2.64. The molecule has 6 nitrogen and oxygen atoms in total. The zero-order valence-electron chi connectivity index (χ0n) is 18.2. The van der Waals surface area contributed by atoms with Crippen LogP contribution in [-0.2, 0) is 10.3 Å². The van der Waals surface area contributed by atoms with Crippen molar-refractivity contribution in [2.45, 2.75) is 11.5 Å². The van der Waals surface area contributed by atoms with Crippen LogP contribution in [0.4, 0.5) is 10.1 Å². The number of ether oxygens (including phenoxy) is 2. The molecule has 3 aromatic carbocycles. The van der Waals surface area contributed by atoms with Gasteiger partial charge in [0.25, 0.3) is 0 Å². The second kappa shape index (κ2) is 7.55. The molecule has 34 heavy (non-hydrogen) atoms. The number of hydrogen-bond donors (Lipinski definition) is 1. The van der Waals surface area contributed by atoms with Gasteiger partial charge in [0.15, 0.2) is 17.3 Å². The molecule has 8 heteroatoms. The number of anilines is 1. The topological polar surface area (TPSA) is 67.9 Å². The van der Waals surface area contributed by atoms with E-state index in [2.05, 4.69) is 5.32 Å². The van der Waals surface area contributed by atoms with Crippen molar-refractivity contribution < 1.29 is 23.5 Å². The van der Waals surface area contributed by atoms with Gasteiger partial charge in [-0.2, -0.15) is 0 Å². The molecule has 3 heterocycles. The Morgan fingerprint density at radius 2 is 1.85 bits per heavy atom. The number of likely N-dealkylation sites (N-methyl/N-ethyl adjacent to an activating group) is 1. The van der Waals surface area contributed by atoms with Crippen LogP contribution in [0.25, 0.3) is 0 Å². The van der Waals surface area contributed by atoms with Crippen molar-refractivity contribution in [3.05, 3.63) is 88.2 Å². The monoisotopic (exact) mass is 478 g/mol. The van der Waals surface area contributed by atoms with Gasteiger partial charge in [-0.25, -0.2) is 4.39 Å². The Labute approximate surface area is 200 Å². The van der Waals surface area contributed by atoms with Gasteiger partial charge in [-0.3, -0.25) is 14.5 Å². The van der Waals surface area contributed by atoms with Gasteiger partial charge in [0, 0.05) is 34.3 Å². The van der Waals surface area contributed by atoms with E-state index in [0.717, 1.165) is 5.56 Å². The predicted octanol–water partition coefficient (Wildman–Crippen LogP) is 4.58. The molecule has 3 aliphatic rings. The molecule has 1 N–H and O–H groups in total. The van der Waals surface area contributed by atoms with E-state index in [1.807, 2.05) is 11.9 Å². The van der Waals surface area contributed by atoms with Crippen LogP contribution >= 0.6 is 11.6 Å². The summed E-state index contributed by atoms with van der Waals surface area (Å²) < 4.78 is 24.6. The quantitative estimate of drug-likeness (QED) is 0.558. The summed E-state index contributed by atoms with van der Waals surface area (Å²) in [5.74, 6) is -0.943. The second-order valence-electron chi connectivity index (χ2n) is 8.86. The molecule has 6 rings (SSSR count). The predicted molar refractivity (Wildman–Crippen MR) is 124 cm³/mol. The third kappa shape index (κ3) is 2.90. The Morgan fingerprint density at radius 1 is 1.09 bits per heavy atom. The molecule has 0 aliphatic carbocycles. The Kier molecular flexibility index (Phi) is 4.69. The van der Waals surface area contributed by atoms with Crippen LogP contribution in [0, 0.1) is 11.7 Å². The molecule has 172 valence electrons. The van der Waals surface area contributed by atoms with Gasteiger partial charge in [0.1, 0.15) is 11.4 Å². The van der Waals surface area contributed by atoms with Gasteiger partial charge in [-0.15, -0.1) is 0 Å². The number of nitrogens with one attached hydrogen (secondary N) is 1. The van der Waals surface area contributed by atoms with Gasteiger partial charge in [0.05, 0.1) is 5.92 Å². The Hall–Kier alpha value is -3.42. The standard InChI is InChI=1S/C26H20ClFN2O4/c1-30-12-18(14-2-6-17(28)7-3-14)23(24(31)15-4-9-21-22(10-15)34-13-33-21)26(30)19-11-16(27)5-8-20(19)29-25(26)32/h2-11,18,23H,12-13H2,1H3,(H,29,32)/t18-,23?,26-/m1/s1. The molecule has 1 unspecified atom stereocenters. The van der Waals surface area contributed by atoms with E-state index in [0.29, 0.717) is 39.9 Å². The molecular formula is C26H20ClFN2O4. The van der Waals surface area contributed by atoms with Crippen molar-refractivity contribution in [1.29, 1.82) is 0 Å². The lowest BCUT2D eigenvalue weighted by molar-refractivity contribution is -0.126. The van der Waals surface area contributed by atoms with Crippen molar-refractivity contribution >= 4 is 29.0 Å². The highest BCUT2D eigenvalue weighted by Crippen LogP contribution is 2.56. The molecule has 3 aromatic rings. The third-order valence-electron chi connectivity index (χ3n) is 7.15. The fourth-order valence-electron chi connectivity index (χ4n) is 5.65. The number of hydrogen-bond acceptors (Lipinski definition) is 5. The van der Waals surface area contributed by atoms with Crippen molar-refractivity contribution in [2.24, 2.45) is 5.92 Å². The van der Waals surface area contributed by atoms with Crippen LogP contribution < -0.4 is 14.8 Å². The third-order valence-corrected chi connectivity index (χ3v) is 7.38. The highest BCUT2D eigenvalue weighted by atomic mass is 35.5. The zero-order chi connectivity index (χ0) is 23.6.